The van der Waals surface area contributed by atoms with E-state index in [1.807, 2.05) is 0 Å². The standard InChI is InChI=1S/C9H8BrFO/c10-6-8(11)9(12)7-4-2-1-3-5-7/h1-5,8H,6H2. The first kappa shape index (κ1) is 9.39. The molecule has 1 aromatic carbocycles. The van der Waals surface area contributed by atoms with Gasteiger partial charge in [0.2, 0.25) is 0 Å². The Morgan fingerprint density at radius 1 is 1.42 bits per heavy atom. The fourth-order valence-corrected chi connectivity index (χ4v) is 1.15. The number of hydrogen-bond acceptors (Lipinski definition) is 1. The molecule has 0 amide bonds. The van der Waals surface area contributed by atoms with Crippen LogP contribution >= 0.6 is 15.9 Å². The monoisotopic (exact) mass is 230 g/mol. The number of rotatable bonds is 3. The number of carbonyl (C=O) groups excluding carboxylic acids is 1. The van der Waals surface area contributed by atoms with E-state index in [0.717, 1.165) is 0 Å². The zero-order chi connectivity index (χ0) is 8.97. The molecule has 0 radical (unpaired) electrons. The molecule has 0 aliphatic heterocycles. The van der Waals surface area contributed by atoms with E-state index < -0.39 is 12.0 Å². The average Bonchev–Trinajstić information content (AvgIpc) is 2.17. The van der Waals surface area contributed by atoms with Crippen LogP contribution in [0.4, 0.5) is 4.39 Å². The summed E-state index contributed by atoms with van der Waals surface area (Å²) in [5.41, 5.74) is 0.421. The van der Waals surface area contributed by atoms with Gasteiger partial charge in [-0.15, -0.1) is 0 Å². The second kappa shape index (κ2) is 4.36. The summed E-state index contributed by atoms with van der Waals surface area (Å²) >= 11 is 2.92. The van der Waals surface area contributed by atoms with Gasteiger partial charge in [-0.2, -0.15) is 0 Å². The number of hydrogen-bond donors (Lipinski definition) is 0. The third kappa shape index (κ3) is 2.14. The lowest BCUT2D eigenvalue weighted by Crippen LogP contribution is -2.16. The molecule has 0 heterocycles. The summed E-state index contributed by atoms with van der Waals surface area (Å²) in [5.74, 6) is -0.465. The molecule has 0 spiro atoms. The van der Waals surface area contributed by atoms with Gasteiger partial charge in [0.15, 0.2) is 12.0 Å². The second-order valence-corrected chi connectivity index (χ2v) is 3.00. The van der Waals surface area contributed by atoms with E-state index in [-0.39, 0.29) is 5.33 Å². The van der Waals surface area contributed by atoms with Gasteiger partial charge >= 0.3 is 0 Å². The van der Waals surface area contributed by atoms with Crippen LogP contribution in [0.15, 0.2) is 30.3 Å². The second-order valence-electron chi connectivity index (χ2n) is 2.35. The maximum Gasteiger partial charge on any atom is 0.197 e. The van der Waals surface area contributed by atoms with Gasteiger partial charge in [-0.1, -0.05) is 46.3 Å². The molecule has 12 heavy (non-hydrogen) atoms. The van der Waals surface area contributed by atoms with E-state index in [0.29, 0.717) is 5.56 Å². The molecule has 1 nitrogen and oxygen atoms in total. The Hall–Kier alpha value is -0.700. The molecule has 64 valence electrons. The fourth-order valence-electron chi connectivity index (χ4n) is 0.853. The lowest BCUT2D eigenvalue weighted by Gasteiger charge is -2.01. The number of halogens is 2. The average molecular weight is 231 g/mol. The highest BCUT2D eigenvalue weighted by molar-refractivity contribution is 9.09. The first-order valence-electron chi connectivity index (χ1n) is 3.55. The summed E-state index contributed by atoms with van der Waals surface area (Å²) in [7, 11) is 0. The lowest BCUT2D eigenvalue weighted by molar-refractivity contribution is 0.0897. The molecule has 0 N–H and O–H groups in total. The third-order valence-corrected chi connectivity index (χ3v) is 2.05. The van der Waals surface area contributed by atoms with Crippen LogP contribution in [0.1, 0.15) is 10.4 Å². The van der Waals surface area contributed by atoms with E-state index >= 15 is 0 Å². The number of benzene rings is 1. The van der Waals surface area contributed by atoms with Crippen LogP contribution in [0.25, 0.3) is 0 Å². The minimum absolute atomic E-state index is 0.0563. The predicted molar refractivity (Wildman–Crippen MR) is 49.5 cm³/mol. The molecule has 1 atom stereocenters. The van der Waals surface area contributed by atoms with Gasteiger partial charge in [0, 0.05) is 10.9 Å². The molecule has 1 unspecified atom stereocenters. The molecule has 3 heteroatoms. The van der Waals surface area contributed by atoms with Gasteiger partial charge in [-0.3, -0.25) is 4.79 Å². The van der Waals surface area contributed by atoms with Crippen LogP contribution < -0.4 is 0 Å². The summed E-state index contributed by atoms with van der Waals surface area (Å²) in [6.07, 6.45) is -1.44. The van der Waals surface area contributed by atoms with Crippen LogP contribution in [0, 0.1) is 0 Å². The van der Waals surface area contributed by atoms with Gasteiger partial charge < -0.3 is 0 Å². The minimum Gasteiger partial charge on any atom is -0.291 e. The minimum atomic E-state index is -1.44. The van der Waals surface area contributed by atoms with Gasteiger partial charge in [-0.25, -0.2) is 4.39 Å². The SMILES string of the molecule is O=C(c1ccccc1)C(F)CBr. The van der Waals surface area contributed by atoms with Crippen molar-refractivity contribution < 1.29 is 9.18 Å². The maximum absolute atomic E-state index is 12.8. The summed E-state index contributed by atoms with van der Waals surface area (Å²) in [6.45, 7) is 0. The number of carbonyl (C=O) groups is 1. The topological polar surface area (TPSA) is 17.1 Å². The fraction of sp³-hybridized carbons (Fsp3) is 0.222. The molecule has 1 rings (SSSR count). The van der Waals surface area contributed by atoms with Crippen LogP contribution in [0.5, 0.6) is 0 Å². The van der Waals surface area contributed by atoms with Crippen molar-refractivity contribution in [2.45, 2.75) is 6.17 Å². The molecule has 0 fully saturated rings. The summed E-state index contributed by atoms with van der Waals surface area (Å²) < 4.78 is 12.8. The van der Waals surface area contributed by atoms with Crippen molar-refractivity contribution in [1.29, 1.82) is 0 Å². The predicted octanol–water partition coefficient (Wildman–Crippen LogP) is 2.60. The van der Waals surface area contributed by atoms with Gasteiger partial charge in [0.1, 0.15) is 0 Å². The molecule has 0 saturated carbocycles. The molecule has 0 aromatic heterocycles. The van der Waals surface area contributed by atoms with Gasteiger partial charge in [0.05, 0.1) is 0 Å². The highest BCUT2D eigenvalue weighted by Crippen LogP contribution is 2.07. The first-order valence-corrected chi connectivity index (χ1v) is 4.67. The zero-order valence-electron chi connectivity index (χ0n) is 6.34. The highest BCUT2D eigenvalue weighted by Gasteiger charge is 2.16. The van der Waals surface area contributed by atoms with Crippen LogP contribution in [-0.2, 0) is 0 Å². The van der Waals surface area contributed by atoms with E-state index in [4.69, 9.17) is 0 Å². The number of ketones is 1. The van der Waals surface area contributed by atoms with Crippen LogP contribution in [0.2, 0.25) is 0 Å². The van der Waals surface area contributed by atoms with Gasteiger partial charge in [0.25, 0.3) is 0 Å². The molecular formula is C9H8BrFO. The van der Waals surface area contributed by atoms with Crippen molar-refractivity contribution in [3.05, 3.63) is 35.9 Å². The Morgan fingerprint density at radius 2 is 2.00 bits per heavy atom. The summed E-state index contributed by atoms with van der Waals surface area (Å²) in [4.78, 5) is 11.2. The quantitative estimate of drug-likeness (QED) is 0.577. The van der Waals surface area contributed by atoms with Crippen molar-refractivity contribution in [2.75, 3.05) is 5.33 Å². The van der Waals surface area contributed by atoms with E-state index in [9.17, 15) is 9.18 Å². The molecule has 1 aromatic rings. The molecule has 0 aliphatic rings. The van der Waals surface area contributed by atoms with E-state index in [1.54, 1.807) is 30.3 Å². The smallest absolute Gasteiger partial charge is 0.197 e. The Labute approximate surface area is 78.7 Å². The van der Waals surface area contributed by atoms with Crippen molar-refractivity contribution in [1.82, 2.24) is 0 Å². The molecule has 0 aliphatic carbocycles. The lowest BCUT2D eigenvalue weighted by atomic mass is 10.1. The van der Waals surface area contributed by atoms with E-state index in [2.05, 4.69) is 15.9 Å². The third-order valence-electron chi connectivity index (χ3n) is 1.48. The normalized spacial score (nSPS) is 12.5. The van der Waals surface area contributed by atoms with Crippen molar-refractivity contribution >= 4 is 21.7 Å². The summed E-state index contributed by atoms with van der Waals surface area (Å²) in [6, 6.07) is 8.44. The largest absolute Gasteiger partial charge is 0.291 e. The molecular weight excluding hydrogens is 223 g/mol. The van der Waals surface area contributed by atoms with Crippen LogP contribution in [0.3, 0.4) is 0 Å². The molecule has 0 saturated heterocycles. The Bertz CT molecular complexity index is 260. The van der Waals surface area contributed by atoms with Crippen molar-refractivity contribution in [3.63, 3.8) is 0 Å². The number of alkyl halides is 2. The van der Waals surface area contributed by atoms with Crippen molar-refractivity contribution in [2.24, 2.45) is 0 Å². The maximum atomic E-state index is 12.8. The Morgan fingerprint density at radius 3 is 2.50 bits per heavy atom. The summed E-state index contributed by atoms with van der Waals surface area (Å²) in [5, 5.41) is 0.0563. The van der Waals surface area contributed by atoms with E-state index in [1.165, 1.54) is 0 Å². The van der Waals surface area contributed by atoms with Gasteiger partial charge in [-0.05, 0) is 0 Å². The Balaban J connectivity index is 2.79. The molecule has 0 bridgehead atoms. The first-order chi connectivity index (χ1) is 5.75. The zero-order valence-corrected chi connectivity index (χ0v) is 7.92. The van der Waals surface area contributed by atoms with Crippen LogP contribution in [-0.4, -0.2) is 17.3 Å². The number of Topliss-reactive ketones (excluding diaryl/α,β-unsaturated/α-hetero) is 1. The van der Waals surface area contributed by atoms with Crippen molar-refractivity contribution in [3.8, 4) is 0 Å². The highest BCUT2D eigenvalue weighted by atomic mass is 79.9. The Kier molecular flexibility index (Phi) is 3.41.